The van der Waals surface area contributed by atoms with Crippen molar-refractivity contribution in [2.24, 2.45) is 9.98 Å². The van der Waals surface area contributed by atoms with E-state index in [0.717, 1.165) is 25.7 Å². The lowest BCUT2D eigenvalue weighted by Gasteiger charge is -2.21. The van der Waals surface area contributed by atoms with E-state index in [-0.39, 0.29) is 24.5 Å². The fraction of sp³-hybridized carbons (Fsp3) is 0.818. The van der Waals surface area contributed by atoms with E-state index < -0.39 is 0 Å². The third-order valence-corrected chi connectivity index (χ3v) is 5.82. The van der Waals surface area contributed by atoms with E-state index >= 15 is 0 Å². The summed E-state index contributed by atoms with van der Waals surface area (Å²) in [6, 6.07) is 0. The standard InChI is InChI=1S/C22H38N4O4/c1-29-21(27)25-17-15-23-19(25)13-11-9-7-5-3-4-6-8-10-12-14-20-24-16-18-26(20)22(28)30-2/h15-16,19-20H,3-14,17-18H2,1-2H3. The van der Waals surface area contributed by atoms with Crippen molar-refractivity contribution >= 4 is 24.6 Å². The number of nitrogens with zero attached hydrogens (tertiary/aromatic N) is 4. The van der Waals surface area contributed by atoms with Crippen molar-refractivity contribution in [3.63, 3.8) is 0 Å². The predicted molar refractivity (Wildman–Crippen MR) is 118 cm³/mol. The first-order valence-corrected chi connectivity index (χ1v) is 11.4. The smallest absolute Gasteiger partial charge is 0.411 e. The van der Waals surface area contributed by atoms with E-state index in [4.69, 9.17) is 9.47 Å². The van der Waals surface area contributed by atoms with Gasteiger partial charge in [0, 0.05) is 12.4 Å². The van der Waals surface area contributed by atoms with Crippen LogP contribution in [0.3, 0.4) is 0 Å². The maximum Gasteiger partial charge on any atom is 0.411 e. The molecular weight excluding hydrogens is 384 g/mol. The van der Waals surface area contributed by atoms with Gasteiger partial charge in [-0.2, -0.15) is 0 Å². The molecule has 170 valence electrons. The molecule has 0 aliphatic carbocycles. The summed E-state index contributed by atoms with van der Waals surface area (Å²) in [4.78, 5) is 35.4. The number of aliphatic imine (C=N–C) groups is 2. The number of ether oxygens (including phenoxy) is 2. The Labute approximate surface area is 180 Å². The Morgan fingerprint density at radius 3 is 1.37 bits per heavy atom. The molecule has 8 nitrogen and oxygen atoms in total. The SMILES string of the molecule is COC(=O)N1CC=NC1CCCCCCCCCCCCC1N=CCN1C(=O)OC. The first kappa shape index (κ1) is 24.2. The maximum absolute atomic E-state index is 11.6. The third kappa shape index (κ3) is 7.95. The van der Waals surface area contributed by atoms with Crippen LogP contribution in [0.5, 0.6) is 0 Å². The van der Waals surface area contributed by atoms with Crippen molar-refractivity contribution in [3.05, 3.63) is 0 Å². The Morgan fingerprint density at radius 1 is 0.700 bits per heavy atom. The monoisotopic (exact) mass is 422 g/mol. The lowest BCUT2D eigenvalue weighted by Crippen LogP contribution is -2.36. The molecule has 2 aliphatic rings. The maximum atomic E-state index is 11.6. The lowest BCUT2D eigenvalue weighted by atomic mass is 10.0. The second kappa shape index (κ2) is 14.0. The van der Waals surface area contributed by atoms with Gasteiger partial charge in [0.05, 0.1) is 27.3 Å². The first-order chi connectivity index (χ1) is 14.7. The van der Waals surface area contributed by atoms with Gasteiger partial charge in [-0.25, -0.2) is 9.59 Å². The van der Waals surface area contributed by atoms with Gasteiger partial charge in [-0.1, -0.05) is 51.4 Å². The minimum Gasteiger partial charge on any atom is -0.453 e. The van der Waals surface area contributed by atoms with E-state index in [1.54, 1.807) is 22.2 Å². The van der Waals surface area contributed by atoms with Crippen molar-refractivity contribution in [2.45, 2.75) is 89.4 Å². The molecule has 0 aromatic heterocycles. The first-order valence-electron chi connectivity index (χ1n) is 11.4. The molecule has 0 radical (unpaired) electrons. The van der Waals surface area contributed by atoms with Crippen LogP contribution in [0.1, 0.15) is 77.0 Å². The summed E-state index contributed by atoms with van der Waals surface area (Å²) in [5.74, 6) is 0. The summed E-state index contributed by atoms with van der Waals surface area (Å²) in [5.41, 5.74) is 0. The molecule has 0 aromatic rings. The van der Waals surface area contributed by atoms with Crippen molar-refractivity contribution in [1.82, 2.24) is 9.80 Å². The van der Waals surface area contributed by atoms with E-state index in [0.29, 0.717) is 13.1 Å². The number of hydrogen-bond donors (Lipinski definition) is 0. The van der Waals surface area contributed by atoms with Crippen molar-refractivity contribution in [1.29, 1.82) is 0 Å². The third-order valence-electron chi connectivity index (χ3n) is 5.82. The van der Waals surface area contributed by atoms with Gasteiger partial charge >= 0.3 is 12.2 Å². The van der Waals surface area contributed by atoms with Crippen LogP contribution < -0.4 is 0 Å². The van der Waals surface area contributed by atoms with Gasteiger partial charge in [0.1, 0.15) is 12.3 Å². The molecule has 30 heavy (non-hydrogen) atoms. The zero-order valence-electron chi connectivity index (χ0n) is 18.6. The molecular formula is C22H38N4O4. The van der Waals surface area contributed by atoms with Gasteiger partial charge in [0.15, 0.2) is 0 Å². The Bertz CT molecular complexity index is 531. The summed E-state index contributed by atoms with van der Waals surface area (Å²) >= 11 is 0. The topological polar surface area (TPSA) is 83.8 Å². The van der Waals surface area contributed by atoms with Gasteiger partial charge in [-0.3, -0.25) is 19.8 Å². The zero-order valence-corrected chi connectivity index (χ0v) is 18.6. The Balaban J connectivity index is 1.38. The molecule has 8 heteroatoms. The highest BCUT2D eigenvalue weighted by Gasteiger charge is 2.26. The summed E-state index contributed by atoms with van der Waals surface area (Å²) in [6.45, 7) is 1.13. The van der Waals surface area contributed by atoms with Crippen LogP contribution in [0.15, 0.2) is 9.98 Å². The molecule has 0 bridgehead atoms. The van der Waals surface area contributed by atoms with Crippen molar-refractivity contribution < 1.29 is 19.1 Å². The number of amides is 2. The minimum atomic E-state index is -0.283. The molecule has 2 unspecified atom stereocenters. The van der Waals surface area contributed by atoms with Gasteiger partial charge < -0.3 is 9.47 Å². The van der Waals surface area contributed by atoms with Crippen LogP contribution in [0.4, 0.5) is 9.59 Å². The normalized spacial score (nSPS) is 20.2. The van der Waals surface area contributed by atoms with Gasteiger partial charge in [-0.15, -0.1) is 0 Å². The number of hydrogen-bond acceptors (Lipinski definition) is 6. The molecule has 0 N–H and O–H groups in total. The largest absolute Gasteiger partial charge is 0.453 e. The molecule has 2 aliphatic heterocycles. The summed E-state index contributed by atoms with van der Waals surface area (Å²) in [7, 11) is 2.83. The van der Waals surface area contributed by atoms with Gasteiger partial charge in [0.25, 0.3) is 0 Å². The zero-order chi connectivity index (χ0) is 21.6. The summed E-state index contributed by atoms with van der Waals surface area (Å²) in [5, 5.41) is 0. The molecule has 0 aromatic carbocycles. The number of methoxy groups -OCH3 is 2. The van der Waals surface area contributed by atoms with Crippen LogP contribution in [-0.2, 0) is 9.47 Å². The highest BCUT2D eigenvalue weighted by atomic mass is 16.5. The Kier molecular flexibility index (Phi) is 11.3. The molecule has 2 amide bonds. The average molecular weight is 423 g/mol. The minimum absolute atomic E-state index is 0.0351. The number of carbonyl (C=O) groups is 2. The second-order valence-electron chi connectivity index (χ2n) is 7.98. The quantitative estimate of drug-likeness (QED) is 0.405. The van der Waals surface area contributed by atoms with Crippen LogP contribution in [0, 0.1) is 0 Å². The summed E-state index contributed by atoms with van der Waals surface area (Å²) < 4.78 is 9.59. The van der Waals surface area contributed by atoms with Gasteiger partial charge in [0.2, 0.25) is 0 Å². The van der Waals surface area contributed by atoms with Crippen molar-refractivity contribution in [2.75, 3.05) is 27.3 Å². The predicted octanol–water partition coefficient (Wildman–Crippen LogP) is 4.63. The van der Waals surface area contributed by atoms with Crippen LogP contribution in [-0.4, -0.2) is 74.1 Å². The van der Waals surface area contributed by atoms with Crippen LogP contribution in [0.25, 0.3) is 0 Å². The Hall–Kier alpha value is -2.12. The number of unbranched alkanes of at least 4 members (excludes halogenated alkanes) is 9. The second-order valence-corrected chi connectivity index (χ2v) is 7.98. The van der Waals surface area contributed by atoms with E-state index in [2.05, 4.69) is 9.98 Å². The van der Waals surface area contributed by atoms with Crippen molar-refractivity contribution in [3.8, 4) is 0 Å². The highest BCUT2D eigenvalue weighted by Crippen LogP contribution is 2.19. The number of rotatable bonds is 13. The van der Waals surface area contributed by atoms with E-state index in [9.17, 15) is 9.59 Å². The summed E-state index contributed by atoms with van der Waals surface area (Å²) in [6.07, 6.45) is 17.0. The van der Waals surface area contributed by atoms with E-state index in [1.807, 2.05) is 0 Å². The van der Waals surface area contributed by atoms with E-state index in [1.165, 1.54) is 65.6 Å². The molecule has 2 rings (SSSR count). The molecule has 0 saturated carbocycles. The fourth-order valence-electron chi connectivity index (χ4n) is 4.07. The number of carbonyl (C=O) groups excluding carboxylic acids is 2. The molecule has 2 atom stereocenters. The highest BCUT2D eigenvalue weighted by molar-refractivity contribution is 5.76. The molecule has 0 spiro atoms. The molecule has 0 fully saturated rings. The average Bonchev–Trinajstić information content (AvgIpc) is 3.42. The van der Waals surface area contributed by atoms with Crippen LogP contribution in [0.2, 0.25) is 0 Å². The lowest BCUT2D eigenvalue weighted by molar-refractivity contribution is 0.115. The van der Waals surface area contributed by atoms with Crippen LogP contribution >= 0.6 is 0 Å². The molecule has 2 heterocycles. The Morgan fingerprint density at radius 2 is 1.03 bits per heavy atom. The molecule has 0 saturated heterocycles. The van der Waals surface area contributed by atoms with Gasteiger partial charge in [-0.05, 0) is 25.7 Å². The fourth-order valence-corrected chi connectivity index (χ4v) is 4.07.